The molecule has 0 aromatic carbocycles. The Bertz CT molecular complexity index is 506. The molecular weight excluding hydrogens is 228 g/mol. The highest BCUT2D eigenvalue weighted by Crippen LogP contribution is 2.20. The van der Waals surface area contributed by atoms with Crippen molar-refractivity contribution in [3.63, 3.8) is 0 Å². The lowest BCUT2D eigenvalue weighted by molar-refractivity contribution is 0.281. The number of aryl methyl sites for hydroxylation is 1. The summed E-state index contributed by atoms with van der Waals surface area (Å²) in [6.07, 6.45) is 3.12. The molecular formula is C10H11ClN4O. The van der Waals surface area contributed by atoms with Crippen LogP contribution in [0.4, 0.5) is 0 Å². The number of rotatable bonds is 2. The minimum Gasteiger partial charge on any atom is -0.392 e. The summed E-state index contributed by atoms with van der Waals surface area (Å²) in [7, 11) is 0. The van der Waals surface area contributed by atoms with Gasteiger partial charge in [-0.1, -0.05) is 11.6 Å². The lowest BCUT2D eigenvalue weighted by atomic mass is 10.4. The van der Waals surface area contributed by atoms with Gasteiger partial charge in [-0.2, -0.15) is 5.10 Å². The van der Waals surface area contributed by atoms with Crippen LogP contribution in [0, 0.1) is 13.8 Å². The molecule has 2 rings (SSSR count). The first-order valence-electron chi connectivity index (χ1n) is 4.77. The molecule has 5 nitrogen and oxygen atoms in total. The van der Waals surface area contributed by atoms with Gasteiger partial charge in [0.15, 0.2) is 0 Å². The van der Waals surface area contributed by atoms with Crippen molar-refractivity contribution >= 4 is 11.6 Å². The summed E-state index contributed by atoms with van der Waals surface area (Å²) in [6.45, 7) is 3.61. The van der Waals surface area contributed by atoms with Crippen molar-refractivity contribution in [1.82, 2.24) is 19.7 Å². The van der Waals surface area contributed by atoms with E-state index in [9.17, 15) is 0 Å². The van der Waals surface area contributed by atoms with Gasteiger partial charge in [0.1, 0.15) is 0 Å². The minimum absolute atomic E-state index is 0.0713. The third-order valence-corrected chi connectivity index (χ3v) is 2.81. The van der Waals surface area contributed by atoms with Gasteiger partial charge in [-0.15, -0.1) is 0 Å². The van der Waals surface area contributed by atoms with E-state index in [0.29, 0.717) is 16.5 Å². The average molecular weight is 239 g/mol. The molecule has 84 valence electrons. The smallest absolute Gasteiger partial charge is 0.250 e. The standard InChI is InChI=1S/C10H11ClN4O/c1-6-9(11)7(2)15(14-6)10-12-3-8(5-16)4-13-10/h3-4,16H,5H2,1-2H3. The summed E-state index contributed by atoms with van der Waals surface area (Å²) < 4.78 is 1.58. The van der Waals surface area contributed by atoms with Crippen LogP contribution in [0.2, 0.25) is 5.02 Å². The van der Waals surface area contributed by atoms with E-state index >= 15 is 0 Å². The fraction of sp³-hybridized carbons (Fsp3) is 0.300. The average Bonchev–Trinajstić information content (AvgIpc) is 2.57. The van der Waals surface area contributed by atoms with Crippen LogP contribution in [0.15, 0.2) is 12.4 Å². The van der Waals surface area contributed by atoms with Crippen molar-refractivity contribution in [2.24, 2.45) is 0 Å². The molecule has 0 aliphatic heterocycles. The number of aliphatic hydroxyl groups is 1. The Morgan fingerprint density at radius 1 is 1.31 bits per heavy atom. The van der Waals surface area contributed by atoms with Crippen molar-refractivity contribution < 1.29 is 5.11 Å². The van der Waals surface area contributed by atoms with Crippen LogP contribution in [-0.2, 0) is 6.61 Å². The Balaban J connectivity index is 2.46. The van der Waals surface area contributed by atoms with Gasteiger partial charge in [-0.3, -0.25) is 0 Å². The third kappa shape index (κ3) is 1.79. The molecule has 0 unspecified atom stereocenters. The highest BCUT2D eigenvalue weighted by Gasteiger charge is 2.12. The monoisotopic (exact) mass is 238 g/mol. The highest BCUT2D eigenvalue weighted by molar-refractivity contribution is 6.31. The number of hydrogen-bond acceptors (Lipinski definition) is 4. The Morgan fingerprint density at radius 2 is 1.94 bits per heavy atom. The first kappa shape index (κ1) is 11.0. The van der Waals surface area contributed by atoms with E-state index in [4.69, 9.17) is 16.7 Å². The zero-order valence-corrected chi connectivity index (χ0v) is 9.73. The second-order valence-corrected chi connectivity index (χ2v) is 3.82. The molecule has 16 heavy (non-hydrogen) atoms. The van der Waals surface area contributed by atoms with E-state index in [1.807, 2.05) is 13.8 Å². The van der Waals surface area contributed by atoms with Gasteiger partial charge in [-0.25, -0.2) is 14.6 Å². The van der Waals surface area contributed by atoms with Crippen LogP contribution in [0.1, 0.15) is 17.0 Å². The molecule has 0 amide bonds. The van der Waals surface area contributed by atoms with Crippen molar-refractivity contribution in [2.75, 3.05) is 0 Å². The van der Waals surface area contributed by atoms with Gasteiger partial charge in [0.25, 0.3) is 5.95 Å². The fourth-order valence-corrected chi connectivity index (χ4v) is 1.48. The lowest BCUT2D eigenvalue weighted by Gasteiger charge is -2.02. The number of nitrogens with zero attached hydrogens (tertiary/aromatic N) is 4. The number of halogens is 1. The summed E-state index contributed by atoms with van der Waals surface area (Å²) in [5.41, 5.74) is 2.21. The predicted octanol–water partition coefficient (Wildman–Crippen LogP) is 1.42. The molecule has 2 aromatic heterocycles. The van der Waals surface area contributed by atoms with E-state index in [1.54, 1.807) is 17.1 Å². The Hall–Kier alpha value is -1.46. The van der Waals surface area contributed by atoms with Gasteiger partial charge >= 0.3 is 0 Å². The minimum atomic E-state index is -0.0713. The van der Waals surface area contributed by atoms with Crippen LogP contribution in [-0.4, -0.2) is 24.9 Å². The third-order valence-electron chi connectivity index (χ3n) is 2.27. The maximum Gasteiger partial charge on any atom is 0.250 e. The van der Waals surface area contributed by atoms with Crippen molar-refractivity contribution in [3.8, 4) is 5.95 Å². The van der Waals surface area contributed by atoms with Crippen molar-refractivity contribution in [2.45, 2.75) is 20.5 Å². The molecule has 6 heteroatoms. The maximum absolute atomic E-state index is 8.88. The van der Waals surface area contributed by atoms with Gasteiger partial charge in [-0.05, 0) is 13.8 Å². The molecule has 0 saturated heterocycles. The number of aliphatic hydroxyl groups excluding tert-OH is 1. The summed E-state index contributed by atoms with van der Waals surface area (Å²) in [5.74, 6) is 0.449. The summed E-state index contributed by atoms with van der Waals surface area (Å²) in [6, 6.07) is 0. The molecule has 0 aliphatic rings. The quantitative estimate of drug-likeness (QED) is 0.860. The number of hydrogen-bond donors (Lipinski definition) is 1. The van der Waals surface area contributed by atoms with E-state index < -0.39 is 0 Å². The van der Waals surface area contributed by atoms with Crippen LogP contribution in [0.3, 0.4) is 0 Å². The molecule has 0 atom stereocenters. The molecule has 2 aromatic rings. The van der Waals surface area contributed by atoms with E-state index in [-0.39, 0.29) is 6.61 Å². The van der Waals surface area contributed by atoms with Gasteiger partial charge in [0.2, 0.25) is 0 Å². The molecule has 0 radical (unpaired) electrons. The van der Waals surface area contributed by atoms with E-state index in [0.717, 1.165) is 11.4 Å². The van der Waals surface area contributed by atoms with Crippen molar-refractivity contribution in [1.29, 1.82) is 0 Å². The Labute approximate surface area is 97.7 Å². The molecule has 0 spiro atoms. The summed E-state index contributed by atoms with van der Waals surface area (Å²) in [4.78, 5) is 8.21. The first-order chi connectivity index (χ1) is 7.63. The van der Waals surface area contributed by atoms with E-state index in [2.05, 4.69) is 15.1 Å². The first-order valence-corrected chi connectivity index (χ1v) is 5.15. The SMILES string of the molecule is Cc1nn(-c2ncc(CO)cn2)c(C)c1Cl. The normalized spacial score (nSPS) is 10.8. The highest BCUT2D eigenvalue weighted by atomic mass is 35.5. The molecule has 0 bridgehead atoms. The van der Waals surface area contributed by atoms with Crippen LogP contribution in [0.5, 0.6) is 0 Å². The second kappa shape index (κ2) is 4.19. The van der Waals surface area contributed by atoms with Crippen LogP contribution < -0.4 is 0 Å². The molecule has 0 saturated carbocycles. The van der Waals surface area contributed by atoms with Gasteiger partial charge in [0, 0.05) is 18.0 Å². The molecule has 1 N–H and O–H groups in total. The van der Waals surface area contributed by atoms with Crippen LogP contribution in [0.25, 0.3) is 5.95 Å². The van der Waals surface area contributed by atoms with Gasteiger partial charge < -0.3 is 5.11 Å². The van der Waals surface area contributed by atoms with Crippen molar-refractivity contribution in [3.05, 3.63) is 34.4 Å². The summed E-state index contributed by atoms with van der Waals surface area (Å²) >= 11 is 6.03. The zero-order valence-electron chi connectivity index (χ0n) is 8.98. The van der Waals surface area contributed by atoms with Crippen LogP contribution >= 0.6 is 11.6 Å². The number of aromatic nitrogens is 4. The lowest BCUT2D eigenvalue weighted by Crippen LogP contribution is -2.05. The molecule has 0 aliphatic carbocycles. The Kier molecular flexibility index (Phi) is 2.89. The maximum atomic E-state index is 8.88. The largest absolute Gasteiger partial charge is 0.392 e. The summed E-state index contributed by atoms with van der Waals surface area (Å²) in [5, 5.41) is 13.7. The molecule has 0 fully saturated rings. The fourth-order valence-electron chi connectivity index (χ4n) is 1.36. The van der Waals surface area contributed by atoms with E-state index in [1.165, 1.54) is 0 Å². The Morgan fingerprint density at radius 3 is 2.38 bits per heavy atom. The second-order valence-electron chi connectivity index (χ2n) is 3.45. The zero-order chi connectivity index (χ0) is 11.7. The predicted molar refractivity (Wildman–Crippen MR) is 59.6 cm³/mol. The molecule has 2 heterocycles. The van der Waals surface area contributed by atoms with Gasteiger partial charge in [0.05, 0.1) is 23.0 Å². The topological polar surface area (TPSA) is 63.8 Å².